The molecule has 1 heterocycles. The molecule has 0 radical (unpaired) electrons. The second-order valence-corrected chi connectivity index (χ2v) is 2.62. The van der Waals surface area contributed by atoms with Crippen LogP contribution in [0.5, 0.6) is 0 Å². The number of aliphatic hydroxyl groups is 2. The van der Waals surface area contributed by atoms with Crippen molar-refractivity contribution < 1.29 is 19.7 Å². The van der Waals surface area contributed by atoms with Crippen LogP contribution in [-0.4, -0.2) is 50.7 Å². The van der Waals surface area contributed by atoms with Gasteiger partial charge in [-0.1, -0.05) is 0 Å². The van der Waals surface area contributed by atoms with E-state index in [-0.39, 0.29) is 19.0 Å². The van der Waals surface area contributed by atoms with Gasteiger partial charge < -0.3 is 20.7 Å². The van der Waals surface area contributed by atoms with E-state index in [0.717, 1.165) is 11.0 Å². The first-order valence-electron chi connectivity index (χ1n) is 4.23. The first kappa shape index (κ1) is 11.6. The fourth-order valence-corrected chi connectivity index (χ4v) is 1.03. The molecule has 1 unspecified atom stereocenters. The predicted octanol–water partition coefficient (Wildman–Crippen LogP) is -2.12. The Bertz CT molecular complexity index is 327. The van der Waals surface area contributed by atoms with Crippen molar-refractivity contribution in [1.29, 1.82) is 0 Å². The molecule has 0 aromatic carbocycles. The zero-order chi connectivity index (χ0) is 11.3. The Morgan fingerprint density at radius 2 is 2.40 bits per heavy atom. The van der Waals surface area contributed by atoms with Gasteiger partial charge in [0.05, 0.1) is 19.8 Å². The number of carbonyl (C=O) groups excluding carboxylic acids is 1. The normalized spacial score (nSPS) is 12.7. The summed E-state index contributed by atoms with van der Waals surface area (Å²) in [6, 6.07) is 0. The predicted molar refractivity (Wildman–Crippen MR) is 47.7 cm³/mol. The summed E-state index contributed by atoms with van der Waals surface area (Å²) in [6.07, 6.45) is 0.257. The Kier molecular flexibility index (Phi) is 4.16. The average Bonchev–Trinajstić information content (AvgIpc) is 2.68. The number of ether oxygens (including phenoxy) is 1. The van der Waals surface area contributed by atoms with Crippen molar-refractivity contribution in [3.8, 4) is 0 Å². The van der Waals surface area contributed by atoms with Crippen molar-refractivity contribution in [3.05, 3.63) is 12.2 Å². The molecule has 84 valence electrons. The summed E-state index contributed by atoms with van der Waals surface area (Å²) >= 11 is 0. The van der Waals surface area contributed by atoms with E-state index in [2.05, 4.69) is 10.1 Å². The first-order chi connectivity index (χ1) is 7.20. The topological polar surface area (TPSA) is 123 Å². The van der Waals surface area contributed by atoms with Gasteiger partial charge >= 0.3 is 0 Å². The van der Waals surface area contributed by atoms with E-state index >= 15 is 0 Å². The van der Waals surface area contributed by atoms with E-state index in [0.29, 0.717) is 0 Å². The third-order valence-electron chi connectivity index (χ3n) is 1.62. The Hall–Kier alpha value is -1.51. The highest BCUT2D eigenvalue weighted by atomic mass is 16.5. The number of nitrogens with zero attached hydrogens (tertiary/aromatic N) is 3. The van der Waals surface area contributed by atoms with Crippen molar-refractivity contribution in [1.82, 2.24) is 14.8 Å². The van der Waals surface area contributed by atoms with E-state index in [9.17, 15) is 4.79 Å². The van der Waals surface area contributed by atoms with Crippen molar-refractivity contribution in [2.24, 2.45) is 5.73 Å². The molecule has 0 saturated heterocycles. The fourth-order valence-electron chi connectivity index (χ4n) is 1.03. The van der Waals surface area contributed by atoms with Crippen molar-refractivity contribution in [2.45, 2.75) is 6.23 Å². The van der Waals surface area contributed by atoms with Crippen LogP contribution >= 0.6 is 0 Å². The standard InChI is InChI=1S/C7H12N4O4/c8-6(14)7-9-4-10-11(7)5(3-13)15-2-1-12/h4-5,12-13H,1-3H2,(H2,8,14). The molecule has 0 spiro atoms. The van der Waals surface area contributed by atoms with E-state index < -0.39 is 18.7 Å². The van der Waals surface area contributed by atoms with Gasteiger partial charge in [-0.3, -0.25) is 4.79 Å². The Morgan fingerprint density at radius 1 is 1.67 bits per heavy atom. The molecule has 15 heavy (non-hydrogen) atoms. The molecule has 0 bridgehead atoms. The molecule has 0 aliphatic rings. The highest BCUT2D eigenvalue weighted by Gasteiger charge is 2.18. The van der Waals surface area contributed by atoms with E-state index in [4.69, 9.17) is 20.7 Å². The number of hydrogen-bond acceptors (Lipinski definition) is 6. The van der Waals surface area contributed by atoms with Gasteiger partial charge in [0.1, 0.15) is 6.33 Å². The molecule has 0 saturated carbocycles. The number of primary amides is 1. The molecule has 0 aliphatic heterocycles. The van der Waals surface area contributed by atoms with Crippen LogP contribution in [0.15, 0.2) is 6.33 Å². The summed E-state index contributed by atoms with van der Waals surface area (Å²) in [5, 5.41) is 21.2. The van der Waals surface area contributed by atoms with E-state index in [1.807, 2.05) is 0 Å². The number of rotatable bonds is 6. The maximum Gasteiger partial charge on any atom is 0.286 e. The van der Waals surface area contributed by atoms with Crippen LogP contribution < -0.4 is 5.73 Å². The molecule has 1 rings (SSSR count). The van der Waals surface area contributed by atoms with Crippen LogP contribution in [0, 0.1) is 0 Å². The van der Waals surface area contributed by atoms with Crippen LogP contribution in [0.4, 0.5) is 0 Å². The quantitative estimate of drug-likeness (QED) is 0.499. The summed E-state index contributed by atoms with van der Waals surface area (Å²) in [4.78, 5) is 14.5. The minimum absolute atomic E-state index is 0.0172. The van der Waals surface area contributed by atoms with Crippen molar-refractivity contribution in [2.75, 3.05) is 19.8 Å². The zero-order valence-electron chi connectivity index (χ0n) is 7.91. The van der Waals surface area contributed by atoms with Gasteiger partial charge in [0, 0.05) is 0 Å². The molecule has 0 fully saturated rings. The molecule has 1 aromatic heterocycles. The Balaban J connectivity index is 2.81. The maximum atomic E-state index is 10.9. The van der Waals surface area contributed by atoms with Crippen LogP contribution in [0.25, 0.3) is 0 Å². The molecular weight excluding hydrogens is 204 g/mol. The van der Waals surface area contributed by atoms with Crippen LogP contribution in [0.2, 0.25) is 0 Å². The fraction of sp³-hybridized carbons (Fsp3) is 0.571. The number of aromatic nitrogens is 3. The number of carbonyl (C=O) groups is 1. The zero-order valence-corrected chi connectivity index (χ0v) is 7.91. The van der Waals surface area contributed by atoms with Gasteiger partial charge in [0.15, 0.2) is 6.23 Å². The minimum Gasteiger partial charge on any atom is -0.394 e. The summed E-state index contributed by atoms with van der Waals surface area (Å²) in [5.41, 5.74) is 5.03. The molecule has 8 nitrogen and oxygen atoms in total. The van der Waals surface area contributed by atoms with Gasteiger partial charge in [-0.25, -0.2) is 9.67 Å². The van der Waals surface area contributed by atoms with Crippen LogP contribution in [0.3, 0.4) is 0 Å². The summed E-state index contributed by atoms with van der Waals surface area (Å²) in [6.45, 7) is -0.579. The minimum atomic E-state index is -0.873. The summed E-state index contributed by atoms with van der Waals surface area (Å²) in [7, 11) is 0. The van der Waals surface area contributed by atoms with Gasteiger partial charge in [0.25, 0.3) is 5.91 Å². The first-order valence-corrected chi connectivity index (χ1v) is 4.23. The second kappa shape index (κ2) is 5.39. The number of nitrogens with two attached hydrogens (primary N) is 1. The lowest BCUT2D eigenvalue weighted by Gasteiger charge is -2.15. The third-order valence-corrected chi connectivity index (χ3v) is 1.62. The molecule has 1 amide bonds. The van der Waals surface area contributed by atoms with Gasteiger partial charge in [-0.2, -0.15) is 5.10 Å². The second-order valence-electron chi connectivity index (χ2n) is 2.62. The van der Waals surface area contributed by atoms with Crippen LogP contribution in [0.1, 0.15) is 16.8 Å². The molecule has 1 atom stereocenters. The molecule has 4 N–H and O–H groups in total. The molecular formula is C7H12N4O4. The smallest absolute Gasteiger partial charge is 0.286 e. The third kappa shape index (κ3) is 2.72. The maximum absolute atomic E-state index is 10.9. The number of hydrogen-bond donors (Lipinski definition) is 3. The summed E-state index contributed by atoms with van der Waals surface area (Å²) < 4.78 is 6.10. The van der Waals surface area contributed by atoms with Gasteiger partial charge in [-0.05, 0) is 0 Å². The SMILES string of the molecule is NC(=O)c1ncnn1C(CO)OCCO. The summed E-state index contributed by atoms with van der Waals surface area (Å²) in [5.74, 6) is -0.870. The monoisotopic (exact) mass is 216 g/mol. The average molecular weight is 216 g/mol. The Labute approximate surface area is 85.3 Å². The highest BCUT2D eigenvalue weighted by molar-refractivity contribution is 5.88. The molecule has 0 aliphatic carbocycles. The lowest BCUT2D eigenvalue weighted by Crippen LogP contribution is -2.26. The number of aliphatic hydroxyl groups excluding tert-OH is 2. The number of amides is 1. The lowest BCUT2D eigenvalue weighted by atomic mass is 10.5. The van der Waals surface area contributed by atoms with E-state index in [1.165, 1.54) is 0 Å². The van der Waals surface area contributed by atoms with Crippen molar-refractivity contribution in [3.63, 3.8) is 0 Å². The van der Waals surface area contributed by atoms with Crippen molar-refractivity contribution >= 4 is 5.91 Å². The van der Waals surface area contributed by atoms with E-state index in [1.54, 1.807) is 0 Å². The largest absolute Gasteiger partial charge is 0.394 e. The van der Waals surface area contributed by atoms with Gasteiger partial charge in [-0.15, -0.1) is 0 Å². The molecule has 1 aromatic rings. The Morgan fingerprint density at radius 3 is 2.93 bits per heavy atom. The molecule has 8 heteroatoms. The van der Waals surface area contributed by atoms with Crippen LogP contribution in [-0.2, 0) is 4.74 Å². The van der Waals surface area contributed by atoms with Gasteiger partial charge in [0.2, 0.25) is 5.82 Å². The highest BCUT2D eigenvalue weighted by Crippen LogP contribution is 2.07. The lowest BCUT2D eigenvalue weighted by molar-refractivity contribution is -0.0540.